The van der Waals surface area contributed by atoms with E-state index in [4.69, 9.17) is 18.9 Å². The van der Waals surface area contributed by atoms with Gasteiger partial charge in [-0.1, -0.05) is 0 Å². The van der Waals surface area contributed by atoms with Crippen molar-refractivity contribution >= 4 is 171 Å². The van der Waals surface area contributed by atoms with Gasteiger partial charge in [-0.3, -0.25) is 9.59 Å². The van der Waals surface area contributed by atoms with E-state index >= 15 is 0 Å². The van der Waals surface area contributed by atoms with Gasteiger partial charge in [0, 0.05) is 32.5 Å². The number of carbonyl (C=O) groups is 4. The number of carboxylic acids is 2. The number of hydrogen-bond acceptors (Lipinski definition) is 10. The maximum absolute atomic E-state index is 12.3. The molecule has 0 radical (unpaired) electrons. The van der Waals surface area contributed by atoms with E-state index in [1.165, 1.54) is 0 Å². The smallest absolute Gasteiger partial charge is 0.545 e. The Balaban J connectivity index is 0.0000101. The van der Waals surface area contributed by atoms with E-state index in [1.54, 1.807) is 12.1 Å². The number of benzene rings is 2. The van der Waals surface area contributed by atoms with E-state index in [9.17, 15) is 29.4 Å². The SMILES string of the molecule is O=C(CCOCCOCCOCCOCCC(=O)Nc1c(I)cc(I)c(C(=O)[O-])c1I)Nc1c(I)cc(I)c(C(=O)[O-])c1I.[Na+].[Na+]. The van der Waals surface area contributed by atoms with E-state index in [0.717, 1.165) is 7.14 Å². The number of aromatic carboxylic acids is 2. The molecule has 12 nitrogen and oxygen atoms in total. The first kappa shape index (κ1) is 48.5. The van der Waals surface area contributed by atoms with Gasteiger partial charge < -0.3 is 49.4 Å². The molecule has 0 atom stereocenters. The Bertz CT molecular complexity index is 1270. The zero-order valence-electron chi connectivity index (χ0n) is 24.6. The molecule has 0 spiro atoms. The minimum Gasteiger partial charge on any atom is -0.545 e. The van der Waals surface area contributed by atoms with Crippen molar-refractivity contribution < 1.29 is 107 Å². The van der Waals surface area contributed by atoms with Gasteiger partial charge in [0.1, 0.15) is 0 Å². The fourth-order valence-corrected chi connectivity index (χ4v) is 11.4. The molecule has 0 aromatic heterocycles. The van der Waals surface area contributed by atoms with Gasteiger partial charge in [0.2, 0.25) is 11.8 Å². The van der Waals surface area contributed by atoms with Gasteiger partial charge in [-0.05, 0) is 148 Å². The molecule has 46 heavy (non-hydrogen) atoms. The van der Waals surface area contributed by atoms with Crippen molar-refractivity contribution in [2.24, 2.45) is 0 Å². The summed E-state index contributed by atoms with van der Waals surface area (Å²) in [5.74, 6) is -3.20. The van der Waals surface area contributed by atoms with Crippen LogP contribution in [0.4, 0.5) is 11.4 Å². The second-order valence-corrected chi connectivity index (χ2v) is 15.2. The summed E-state index contributed by atoms with van der Waals surface area (Å²) in [5, 5.41) is 28.3. The van der Waals surface area contributed by atoms with E-state index in [-0.39, 0.29) is 108 Å². The molecule has 0 fully saturated rings. The molecule has 20 heteroatoms. The van der Waals surface area contributed by atoms with Crippen molar-refractivity contribution in [3.8, 4) is 0 Å². The Morgan fingerprint density at radius 2 is 0.804 bits per heavy atom. The normalized spacial score (nSPS) is 10.5. The van der Waals surface area contributed by atoms with Gasteiger partial charge in [-0.2, -0.15) is 0 Å². The third kappa shape index (κ3) is 16.9. The van der Waals surface area contributed by atoms with Crippen molar-refractivity contribution in [1.82, 2.24) is 0 Å². The molecule has 0 aliphatic rings. The quantitative estimate of drug-likeness (QED) is 0.0869. The summed E-state index contributed by atoms with van der Waals surface area (Å²) in [5.41, 5.74) is 0.976. The van der Waals surface area contributed by atoms with E-state index < -0.39 is 11.9 Å². The van der Waals surface area contributed by atoms with Crippen LogP contribution in [0.2, 0.25) is 0 Å². The Morgan fingerprint density at radius 3 is 1.09 bits per heavy atom. The van der Waals surface area contributed by atoms with E-state index in [0.29, 0.717) is 65.3 Å². The zero-order valence-corrected chi connectivity index (χ0v) is 41.5. The number of rotatable bonds is 19. The van der Waals surface area contributed by atoms with Crippen LogP contribution < -0.4 is 80.0 Å². The van der Waals surface area contributed by atoms with E-state index in [1.807, 2.05) is 136 Å². The van der Waals surface area contributed by atoms with Gasteiger partial charge in [0.25, 0.3) is 0 Å². The minimum absolute atomic E-state index is 0. The topological polar surface area (TPSA) is 175 Å². The molecule has 0 aliphatic heterocycles. The summed E-state index contributed by atoms with van der Waals surface area (Å²) in [6, 6.07) is 3.34. The number of amides is 2. The van der Waals surface area contributed by atoms with Crippen molar-refractivity contribution in [3.63, 3.8) is 0 Å². The van der Waals surface area contributed by atoms with Gasteiger partial charge in [0.05, 0.1) is 89.0 Å². The van der Waals surface area contributed by atoms with Crippen LogP contribution in [0.25, 0.3) is 0 Å². The maximum atomic E-state index is 12.3. The maximum Gasteiger partial charge on any atom is 1.00 e. The Kier molecular flexibility index (Phi) is 27.8. The largest absolute Gasteiger partial charge is 1.00 e. The van der Waals surface area contributed by atoms with Crippen LogP contribution in [-0.2, 0) is 28.5 Å². The van der Waals surface area contributed by atoms with Crippen molar-refractivity contribution in [2.45, 2.75) is 12.8 Å². The first-order valence-corrected chi connectivity index (χ1v) is 19.0. The summed E-state index contributed by atoms with van der Waals surface area (Å²) in [7, 11) is 0. The summed E-state index contributed by atoms with van der Waals surface area (Å²) in [6.45, 7) is 2.27. The molecule has 2 rings (SSSR count). The fourth-order valence-electron chi connectivity index (χ4n) is 3.28. The molecule has 2 aromatic carbocycles. The van der Waals surface area contributed by atoms with Gasteiger partial charge >= 0.3 is 59.1 Å². The van der Waals surface area contributed by atoms with Crippen LogP contribution in [0.3, 0.4) is 0 Å². The second-order valence-electron chi connectivity index (χ2n) is 8.43. The summed E-state index contributed by atoms with van der Waals surface area (Å²) >= 11 is 11.7. The van der Waals surface area contributed by atoms with Crippen LogP contribution >= 0.6 is 136 Å². The molecule has 0 bridgehead atoms. The fraction of sp³-hybridized carbons (Fsp3) is 0.385. The van der Waals surface area contributed by atoms with E-state index in [2.05, 4.69) is 10.6 Å². The third-order valence-electron chi connectivity index (χ3n) is 5.34. The molecule has 0 unspecified atom stereocenters. The van der Waals surface area contributed by atoms with Gasteiger partial charge in [-0.15, -0.1) is 0 Å². The van der Waals surface area contributed by atoms with Crippen molar-refractivity contribution in [3.05, 3.63) is 44.7 Å². The molecule has 0 aliphatic carbocycles. The zero-order chi connectivity index (χ0) is 32.8. The number of carboxylic acid groups (broad SMARTS) is 2. The standard InChI is InChI=1S/C26H26I6N2O10.2Na/c27-13-11-15(29)23(21(31)19(13)25(37)38)33-17(35)1-3-41-5-7-43-9-10-44-8-6-42-4-2-18(36)34-24-16(30)12-14(28)20(22(24)32)26(39)40;;/h11-12H,1-10H2,(H,33,35)(H,34,36)(H,37,38)(H,39,40);;/q;2*+1/p-2. The van der Waals surface area contributed by atoms with Crippen LogP contribution in [-0.4, -0.2) is 76.6 Å². The van der Waals surface area contributed by atoms with Gasteiger partial charge in [-0.25, -0.2) is 0 Å². The predicted molar refractivity (Wildman–Crippen MR) is 208 cm³/mol. The average Bonchev–Trinajstić information content (AvgIpc) is 2.92. The second kappa shape index (κ2) is 26.3. The number of hydrogen-bond donors (Lipinski definition) is 2. The molecule has 2 amide bonds. The molecule has 0 saturated carbocycles. The van der Waals surface area contributed by atoms with Crippen LogP contribution in [0, 0.1) is 21.4 Å². The molecule has 2 aromatic rings. The van der Waals surface area contributed by atoms with Crippen LogP contribution in [0.5, 0.6) is 0 Å². The van der Waals surface area contributed by atoms with Crippen LogP contribution in [0.1, 0.15) is 33.6 Å². The first-order chi connectivity index (χ1) is 20.8. The Morgan fingerprint density at radius 1 is 0.522 bits per heavy atom. The Labute approximate surface area is 392 Å². The average molecular weight is 1330 g/mol. The molecular formula is C26H24I6N2Na2O10. The molecule has 2 N–H and O–H groups in total. The predicted octanol–water partition coefficient (Wildman–Crippen LogP) is -2.53. The molecule has 0 heterocycles. The minimum atomic E-state index is -1.30. The summed E-state index contributed by atoms with van der Waals surface area (Å²) in [6.07, 6.45) is 0.189. The Hall–Kier alpha value is 2.54. The molecule has 0 saturated heterocycles. The molecular weight excluding hydrogens is 1310 g/mol. The third-order valence-corrected chi connectivity index (χ3v) is 10.9. The first-order valence-electron chi connectivity index (χ1n) is 12.5. The van der Waals surface area contributed by atoms with Crippen LogP contribution in [0.15, 0.2) is 12.1 Å². The number of halogens is 6. The summed E-state index contributed by atoms with van der Waals surface area (Å²) in [4.78, 5) is 47.4. The number of anilines is 2. The number of ether oxygens (including phenoxy) is 4. The van der Waals surface area contributed by atoms with Gasteiger partial charge in [0.15, 0.2) is 0 Å². The summed E-state index contributed by atoms with van der Waals surface area (Å²) < 4.78 is 25.1. The monoisotopic (exact) mass is 1330 g/mol. The van der Waals surface area contributed by atoms with Crippen molar-refractivity contribution in [2.75, 3.05) is 63.5 Å². The van der Waals surface area contributed by atoms with Crippen molar-refractivity contribution in [1.29, 1.82) is 0 Å². The number of nitrogens with one attached hydrogen (secondary N) is 2. The number of carbonyl (C=O) groups excluding carboxylic acids is 4. The molecule has 242 valence electrons.